The zero-order valence-corrected chi connectivity index (χ0v) is 11.5. The van der Waals surface area contributed by atoms with Crippen LogP contribution in [0.3, 0.4) is 0 Å². The zero-order valence-electron chi connectivity index (χ0n) is 10.7. The molecule has 0 aliphatic rings. The quantitative estimate of drug-likeness (QED) is 0.792. The van der Waals surface area contributed by atoms with Gasteiger partial charge in [0.15, 0.2) is 0 Å². The van der Waals surface area contributed by atoms with E-state index < -0.39 is 0 Å². The Morgan fingerprint density at radius 1 is 1.50 bits per heavy atom. The Balaban J connectivity index is 2.31. The van der Waals surface area contributed by atoms with E-state index in [0.29, 0.717) is 11.3 Å². The lowest BCUT2D eigenvalue weighted by molar-refractivity contribution is 0.557. The summed E-state index contributed by atoms with van der Waals surface area (Å²) in [5, 5.41) is 4.09. The molecule has 16 heavy (non-hydrogen) atoms. The molecule has 92 valence electrons. The second kappa shape index (κ2) is 6.97. The van der Waals surface area contributed by atoms with Crippen molar-refractivity contribution in [3.05, 3.63) is 18.2 Å². The van der Waals surface area contributed by atoms with E-state index >= 15 is 0 Å². The molecule has 1 aromatic rings. The first-order valence-electron chi connectivity index (χ1n) is 5.88. The molecule has 0 radical (unpaired) electrons. The van der Waals surface area contributed by atoms with E-state index in [-0.39, 0.29) is 0 Å². The van der Waals surface area contributed by atoms with Crippen LogP contribution < -0.4 is 5.32 Å². The van der Waals surface area contributed by atoms with Crippen LogP contribution in [0.5, 0.6) is 0 Å². The summed E-state index contributed by atoms with van der Waals surface area (Å²) in [6.45, 7) is 4.49. The van der Waals surface area contributed by atoms with Gasteiger partial charge in [0.1, 0.15) is 5.82 Å². The van der Waals surface area contributed by atoms with Crippen molar-refractivity contribution >= 4 is 11.8 Å². The average Bonchev–Trinajstić information content (AvgIpc) is 2.64. The molecule has 1 atom stereocenters. The molecule has 1 N–H and O–H groups in total. The Morgan fingerprint density at radius 3 is 2.75 bits per heavy atom. The van der Waals surface area contributed by atoms with Crippen molar-refractivity contribution in [2.75, 3.05) is 12.8 Å². The fraction of sp³-hybridized carbons (Fsp3) is 0.750. The van der Waals surface area contributed by atoms with E-state index in [1.54, 1.807) is 0 Å². The fourth-order valence-corrected chi connectivity index (χ4v) is 2.51. The molecule has 0 bridgehead atoms. The Hall–Kier alpha value is -0.480. The molecule has 1 aromatic heterocycles. The first-order chi connectivity index (χ1) is 7.63. The maximum absolute atomic E-state index is 4.35. The van der Waals surface area contributed by atoms with Crippen LogP contribution in [-0.4, -0.2) is 33.6 Å². The minimum Gasteiger partial charge on any atom is -0.338 e. The van der Waals surface area contributed by atoms with Gasteiger partial charge in [0, 0.05) is 37.7 Å². The van der Waals surface area contributed by atoms with Crippen molar-refractivity contribution < 1.29 is 0 Å². The lowest BCUT2D eigenvalue weighted by Crippen LogP contribution is -2.29. The summed E-state index contributed by atoms with van der Waals surface area (Å²) < 4.78 is 2.10. The van der Waals surface area contributed by atoms with Crippen LogP contribution >= 0.6 is 11.8 Å². The number of aryl methyl sites for hydroxylation is 2. The van der Waals surface area contributed by atoms with Crippen molar-refractivity contribution in [3.8, 4) is 0 Å². The molecule has 0 fully saturated rings. The van der Waals surface area contributed by atoms with Gasteiger partial charge in [0.05, 0.1) is 0 Å². The highest BCUT2D eigenvalue weighted by Crippen LogP contribution is 2.13. The van der Waals surface area contributed by atoms with E-state index in [9.17, 15) is 0 Å². The number of hydrogen-bond donors (Lipinski definition) is 1. The highest BCUT2D eigenvalue weighted by Gasteiger charge is 2.09. The van der Waals surface area contributed by atoms with Crippen LogP contribution in [0, 0.1) is 0 Å². The summed E-state index contributed by atoms with van der Waals surface area (Å²) in [4.78, 5) is 4.35. The number of nitrogens with one attached hydrogen (secondary N) is 1. The maximum Gasteiger partial charge on any atom is 0.108 e. The molecule has 0 aliphatic heterocycles. The van der Waals surface area contributed by atoms with Gasteiger partial charge in [-0.25, -0.2) is 4.98 Å². The smallest absolute Gasteiger partial charge is 0.108 e. The van der Waals surface area contributed by atoms with Crippen molar-refractivity contribution in [1.29, 1.82) is 0 Å². The third-order valence-electron chi connectivity index (χ3n) is 2.68. The van der Waals surface area contributed by atoms with Crippen LogP contribution in [0.1, 0.15) is 26.1 Å². The Kier molecular flexibility index (Phi) is 5.91. The van der Waals surface area contributed by atoms with Crippen LogP contribution in [0.2, 0.25) is 0 Å². The van der Waals surface area contributed by atoms with Gasteiger partial charge in [-0.15, -0.1) is 0 Å². The van der Waals surface area contributed by atoms with E-state index in [2.05, 4.69) is 35.8 Å². The van der Waals surface area contributed by atoms with E-state index in [4.69, 9.17) is 0 Å². The highest BCUT2D eigenvalue weighted by atomic mass is 32.2. The molecule has 3 nitrogen and oxygen atoms in total. The van der Waals surface area contributed by atoms with Crippen LogP contribution in [0.4, 0.5) is 0 Å². The van der Waals surface area contributed by atoms with Gasteiger partial charge in [-0.2, -0.15) is 11.8 Å². The topological polar surface area (TPSA) is 29.9 Å². The molecule has 4 heteroatoms. The van der Waals surface area contributed by atoms with E-state index in [0.717, 1.165) is 12.8 Å². The molecule has 0 spiro atoms. The van der Waals surface area contributed by atoms with Crippen molar-refractivity contribution in [2.45, 2.75) is 38.0 Å². The van der Waals surface area contributed by atoms with Gasteiger partial charge in [-0.3, -0.25) is 0 Å². The van der Waals surface area contributed by atoms with Crippen LogP contribution in [0.15, 0.2) is 12.4 Å². The second-order valence-corrected chi connectivity index (χ2v) is 5.97. The number of rotatable bonds is 7. The number of nitrogens with zero attached hydrogens (tertiary/aromatic N) is 2. The molecular formula is C12H23N3S. The lowest BCUT2D eigenvalue weighted by Gasteiger charge is -2.16. The molecule has 0 saturated carbocycles. The van der Waals surface area contributed by atoms with Crippen LogP contribution in [0.25, 0.3) is 0 Å². The molecule has 0 aromatic carbocycles. The highest BCUT2D eigenvalue weighted by molar-refractivity contribution is 7.99. The summed E-state index contributed by atoms with van der Waals surface area (Å²) >= 11 is 2.02. The standard InChI is InChI=1S/C12H23N3S/c1-10(2)16-9-11(13-3)5-6-12-14-7-8-15(12)4/h7-8,10-11,13H,5-6,9H2,1-4H3. The fourth-order valence-electron chi connectivity index (χ4n) is 1.56. The first-order valence-corrected chi connectivity index (χ1v) is 6.93. The normalized spacial score (nSPS) is 13.3. The molecule has 0 amide bonds. The third kappa shape index (κ3) is 4.58. The van der Waals surface area contributed by atoms with Crippen LogP contribution in [-0.2, 0) is 13.5 Å². The SMILES string of the molecule is CNC(CCc1nccn1C)CSC(C)C. The first kappa shape index (κ1) is 13.6. The number of hydrogen-bond acceptors (Lipinski definition) is 3. The summed E-state index contributed by atoms with van der Waals surface area (Å²) in [6.07, 6.45) is 6.08. The van der Waals surface area contributed by atoms with Gasteiger partial charge in [0.25, 0.3) is 0 Å². The number of thioether (sulfide) groups is 1. The number of imidazole rings is 1. The van der Waals surface area contributed by atoms with Crippen molar-refractivity contribution in [2.24, 2.45) is 7.05 Å². The summed E-state index contributed by atoms with van der Waals surface area (Å²) in [5.74, 6) is 2.35. The molecule has 0 aliphatic carbocycles. The molecule has 1 unspecified atom stereocenters. The molecule has 0 saturated heterocycles. The van der Waals surface area contributed by atoms with Gasteiger partial charge in [-0.05, 0) is 18.7 Å². The second-order valence-electron chi connectivity index (χ2n) is 4.36. The van der Waals surface area contributed by atoms with Gasteiger partial charge < -0.3 is 9.88 Å². The summed E-state index contributed by atoms with van der Waals surface area (Å²) in [5.41, 5.74) is 0. The van der Waals surface area contributed by atoms with E-state index in [1.165, 1.54) is 11.6 Å². The lowest BCUT2D eigenvalue weighted by atomic mass is 10.2. The summed E-state index contributed by atoms with van der Waals surface area (Å²) in [6, 6.07) is 0.587. The minimum atomic E-state index is 0.587. The Labute approximate surface area is 103 Å². The Morgan fingerprint density at radius 2 is 2.25 bits per heavy atom. The number of aromatic nitrogens is 2. The molecular weight excluding hydrogens is 218 g/mol. The summed E-state index contributed by atoms with van der Waals surface area (Å²) in [7, 11) is 4.10. The van der Waals surface area contributed by atoms with Crippen molar-refractivity contribution in [1.82, 2.24) is 14.9 Å². The van der Waals surface area contributed by atoms with Gasteiger partial charge in [0.2, 0.25) is 0 Å². The average molecular weight is 241 g/mol. The van der Waals surface area contributed by atoms with Gasteiger partial charge in [-0.1, -0.05) is 13.8 Å². The Bertz CT molecular complexity index is 296. The largest absolute Gasteiger partial charge is 0.338 e. The predicted molar refractivity (Wildman–Crippen MR) is 72.0 cm³/mol. The molecule has 1 heterocycles. The van der Waals surface area contributed by atoms with Gasteiger partial charge >= 0.3 is 0 Å². The monoisotopic (exact) mass is 241 g/mol. The van der Waals surface area contributed by atoms with E-state index in [1.807, 2.05) is 31.2 Å². The molecule has 1 rings (SSSR count). The predicted octanol–water partition coefficient (Wildman–Crippen LogP) is 2.08. The third-order valence-corrected chi connectivity index (χ3v) is 3.94. The van der Waals surface area contributed by atoms with Crippen molar-refractivity contribution in [3.63, 3.8) is 0 Å². The zero-order chi connectivity index (χ0) is 12.0. The maximum atomic E-state index is 4.35. The minimum absolute atomic E-state index is 0.587.